The maximum Gasteiger partial charge on any atom is 0.416 e. The first-order chi connectivity index (χ1) is 17.4. The Balaban J connectivity index is 1.27. The molecule has 0 aliphatic carbocycles. The molecule has 2 aliphatic rings. The van der Waals surface area contributed by atoms with Crippen LogP contribution in [0.4, 0.5) is 40.7 Å². The third-order valence-electron chi connectivity index (χ3n) is 6.07. The van der Waals surface area contributed by atoms with Crippen molar-refractivity contribution in [3.63, 3.8) is 0 Å². The van der Waals surface area contributed by atoms with Crippen molar-refractivity contribution < 1.29 is 22.3 Å². The first-order valence-corrected chi connectivity index (χ1v) is 11.7. The summed E-state index contributed by atoms with van der Waals surface area (Å²) in [7, 11) is 0. The molecule has 1 atom stereocenters. The predicted octanol–water partition coefficient (Wildman–Crippen LogP) is 4.46. The number of morpholine rings is 1. The number of aromatic nitrogens is 3. The molecule has 0 saturated carbocycles. The summed E-state index contributed by atoms with van der Waals surface area (Å²) in [6.07, 6.45) is 0.0280. The van der Waals surface area contributed by atoms with Crippen molar-refractivity contribution in [1.29, 1.82) is 0 Å². The number of hydrogen-bond acceptors (Lipinski definition) is 8. The lowest BCUT2D eigenvalue weighted by molar-refractivity contribution is -0.137. The Morgan fingerprint density at radius 1 is 1.00 bits per heavy atom. The van der Waals surface area contributed by atoms with Gasteiger partial charge in [0.1, 0.15) is 0 Å². The standard InChI is InChI=1S/C24H25F4N7O/c25-19-15-30-23(32-22(19)34-9-11-36-12-10-34)35-8-2-5-21(33-35)20-7-6-18(14-29-20)31-17-4-1-3-16(13-17)24(26,27)28/h1,3-4,6-7,13-15,21,31,33H,2,5,8-12H2. The molecule has 190 valence electrons. The van der Waals surface area contributed by atoms with Crippen molar-refractivity contribution in [2.75, 3.05) is 48.1 Å². The quantitative estimate of drug-likeness (QED) is 0.495. The van der Waals surface area contributed by atoms with Crippen LogP contribution in [0.5, 0.6) is 0 Å². The van der Waals surface area contributed by atoms with Gasteiger partial charge in [-0.3, -0.25) is 9.99 Å². The maximum absolute atomic E-state index is 14.4. The number of hydrazine groups is 1. The van der Waals surface area contributed by atoms with E-state index in [2.05, 4.69) is 25.7 Å². The van der Waals surface area contributed by atoms with Crippen molar-refractivity contribution in [2.45, 2.75) is 25.1 Å². The van der Waals surface area contributed by atoms with E-state index in [9.17, 15) is 17.6 Å². The van der Waals surface area contributed by atoms with Crippen LogP contribution in [-0.4, -0.2) is 47.8 Å². The number of hydrogen-bond donors (Lipinski definition) is 2. The number of halogens is 4. The summed E-state index contributed by atoms with van der Waals surface area (Å²) in [5.41, 5.74) is 4.31. The van der Waals surface area contributed by atoms with Crippen LogP contribution in [0.1, 0.15) is 30.1 Å². The van der Waals surface area contributed by atoms with Gasteiger partial charge < -0.3 is 15.0 Å². The minimum atomic E-state index is -4.41. The first kappa shape index (κ1) is 24.2. The minimum absolute atomic E-state index is 0.123. The molecular weight excluding hydrogens is 478 g/mol. The van der Waals surface area contributed by atoms with E-state index < -0.39 is 17.6 Å². The molecule has 2 saturated heterocycles. The number of ether oxygens (including phenoxy) is 1. The molecule has 1 unspecified atom stereocenters. The van der Waals surface area contributed by atoms with E-state index in [4.69, 9.17) is 4.74 Å². The molecule has 2 aromatic heterocycles. The van der Waals surface area contributed by atoms with Gasteiger partial charge in [0.2, 0.25) is 5.95 Å². The summed E-state index contributed by atoms with van der Waals surface area (Å²) >= 11 is 0. The number of nitrogens with one attached hydrogen (secondary N) is 2. The molecule has 12 heteroatoms. The van der Waals surface area contributed by atoms with E-state index in [-0.39, 0.29) is 11.9 Å². The van der Waals surface area contributed by atoms with E-state index in [1.165, 1.54) is 12.3 Å². The number of nitrogens with zero attached hydrogens (tertiary/aromatic N) is 5. The molecule has 8 nitrogen and oxygen atoms in total. The molecule has 2 N–H and O–H groups in total. The van der Waals surface area contributed by atoms with Gasteiger partial charge in [-0.2, -0.15) is 18.2 Å². The zero-order chi connectivity index (χ0) is 25.1. The molecule has 2 aliphatic heterocycles. The van der Waals surface area contributed by atoms with Gasteiger partial charge in [0.05, 0.1) is 48.6 Å². The van der Waals surface area contributed by atoms with Crippen LogP contribution in [0, 0.1) is 5.82 Å². The van der Waals surface area contributed by atoms with Gasteiger partial charge in [0.15, 0.2) is 11.6 Å². The highest BCUT2D eigenvalue weighted by Gasteiger charge is 2.30. The third-order valence-corrected chi connectivity index (χ3v) is 6.07. The third kappa shape index (κ3) is 5.49. The summed E-state index contributed by atoms with van der Waals surface area (Å²) in [6, 6.07) is 8.48. The van der Waals surface area contributed by atoms with Crippen molar-refractivity contribution >= 4 is 23.1 Å². The van der Waals surface area contributed by atoms with Crippen molar-refractivity contribution in [3.05, 3.63) is 65.9 Å². The number of pyridine rings is 1. The van der Waals surface area contributed by atoms with Crippen LogP contribution in [0.3, 0.4) is 0 Å². The Labute approximate surface area is 205 Å². The Kier molecular flexibility index (Phi) is 6.88. The van der Waals surface area contributed by atoms with E-state index in [0.29, 0.717) is 50.2 Å². The molecule has 0 amide bonds. The molecule has 0 bridgehead atoms. The Morgan fingerprint density at radius 2 is 1.83 bits per heavy atom. The molecule has 2 fully saturated rings. The van der Waals surface area contributed by atoms with E-state index in [1.54, 1.807) is 23.3 Å². The van der Waals surface area contributed by atoms with Crippen LogP contribution in [0.15, 0.2) is 48.8 Å². The van der Waals surface area contributed by atoms with Gasteiger partial charge in [-0.05, 0) is 43.2 Å². The average Bonchev–Trinajstić information content (AvgIpc) is 2.90. The lowest BCUT2D eigenvalue weighted by Crippen LogP contribution is -2.46. The molecule has 0 radical (unpaired) electrons. The zero-order valence-corrected chi connectivity index (χ0v) is 19.3. The summed E-state index contributed by atoms with van der Waals surface area (Å²) in [6.45, 7) is 2.82. The predicted molar refractivity (Wildman–Crippen MR) is 126 cm³/mol. The minimum Gasteiger partial charge on any atom is -0.378 e. The van der Waals surface area contributed by atoms with Crippen LogP contribution in [0.25, 0.3) is 0 Å². The van der Waals surface area contributed by atoms with Crippen LogP contribution < -0.4 is 20.7 Å². The molecule has 0 spiro atoms. The van der Waals surface area contributed by atoms with E-state index >= 15 is 0 Å². The van der Waals surface area contributed by atoms with Gasteiger partial charge >= 0.3 is 6.18 Å². The highest BCUT2D eigenvalue weighted by Crippen LogP contribution is 2.32. The van der Waals surface area contributed by atoms with Crippen molar-refractivity contribution in [3.8, 4) is 0 Å². The number of benzene rings is 1. The fourth-order valence-electron chi connectivity index (χ4n) is 4.24. The molecule has 3 aromatic rings. The lowest BCUT2D eigenvalue weighted by atomic mass is 10.1. The van der Waals surface area contributed by atoms with Crippen LogP contribution in [-0.2, 0) is 10.9 Å². The molecule has 1 aromatic carbocycles. The van der Waals surface area contributed by atoms with E-state index in [1.807, 2.05) is 11.0 Å². The van der Waals surface area contributed by atoms with Gasteiger partial charge in [-0.25, -0.2) is 14.8 Å². The average molecular weight is 504 g/mol. The highest BCUT2D eigenvalue weighted by molar-refractivity contribution is 5.59. The van der Waals surface area contributed by atoms with Gasteiger partial charge in [0, 0.05) is 25.3 Å². The van der Waals surface area contributed by atoms with Crippen molar-refractivity contribution in [2.24, 2.45) is 0 Å². The number of anilines is 4. The fraction of sp³-hybridized carbons (Fsp3) is 0.375. The topological polar surface area (TPSA) is 78.4 Å². The Bertz CT molecular complexity index is 1190. The van der Waals surface area contributed by atoms with Gasteiger partial charge in [-0.1, -0.05) is 6.07 Å². The Hall–Kier alpha value is -3.51. The SMILES string of the molecule is Fc1cnc(N2CCCC(c3ccc(Nc4cccc(C(F)(F)F)c4)cn3)N2)nc1N1CCOCC1. The fourth-order valence-corrected chi connectivity index (χ4v) is 4.24. The molecule has 4 heterocycles. The first-order valence-electron chi connectivity index (χ1n) is 11.7. The summed E-state index contributed by atoms with van der Waals surface area (Å²) in [4.78, 5) is 15.0. The molecule has 36 heavy (non-hydrogen) atoms. The smallest absolute Gasteiger partial charge is 0.378 e. The lowest BCUT2D eigenvalue weighted by Gasteiger charge is -2.34. The largest absolute Gasteiger partial charge is 0.416 e. The number of alkyl halides is 3. The molecular formula is C24H25F4N7O. The van der Waals surface area contributed by atoms with Gasteiger partial charge in [-0.15, -0.1) is 0 Å². The zero-order valence-electron chi connectivity index (χ0n) is 19.3. The van der Waals surface area contributed by atoms with Gasteiger partial charge in [0.25, 0.3) is 0 Å². The second kappa shape index (κ2) is 10.2. The molecule has 5 rings (SSSR count). The summed E-state index contributed by atoms with van der Waals surface area (Å²) in [5.74, 6) is 0.167. The van der Waals surface area contributed by atoms with Crippen LogP contribution >= 0.6 is 0 Å². The van der Waals surface area contributed by atoms with Crippen LogP contribution in [0.2, 0.25) is 0 Å². The number of rotatable bonds is 5. The summed E-state index contributed by atoms with van der Waals surface area (Å²) < 4.78 is 58.7. The van der Waals surface area contributed by atoms with Crippen molar-refractivity contribution in [1.82, 2.24) is 20.4 Å². The van der Waals surface area contributed by atoms with E-state index in [0.717, 1.165) is 30.7 Å². The highest BCUT2D eigenvalue weighted by atomic mass is 19.4. The monoisotopic (exact) mass is 503 g/mol. The second-order valence-corrected chi connectivity index (χ2v) is 8.59. The maximum atomic E-state index is 14.4. The normalized spacial score (nSPS) is 18.8. The summed E-state index contributed by atoms with van der Waals surface area (Å²) in [5, 5.41) is 4.76. The Morgan fingerprint density at radius 3 is 2.58 bits per heavy atom. The second-order valence-electron chi connectivity index (χ2n) is 8.59.